The number of carbonyl (C=O) groups excluding carboxylic acids is 1. The number of benzene rings is 1. The van der Waals surface area contributed by atoms with Gasteiger partial charge in [-0.2, -0.15) is 0 Å². The smallest absolute Gasteiger partial charge is 0.229 e. The third-order valence-corrected chi connectivity index (χ3v) is 4.29. The summed E-state index contributed by atoms with van der Waals surface area (Å²) in [6.45, 7) is 1.47. The molecule has 1 fully saturated rings. The topological polar surface area (TPSA) is 76.6 Å². The van der Waals surface area contributed by atoms with E-state index in [2.05, 4.69) is 20.2 Å². The zero-order chi connectivity index (χ0) is 17.6. The van der Waals surface area contributed by atoms with Gasteiger partial charge in [0, 0.05) is 31.5 Å². The number of rotatable bonds is 5. The van der Waals surface area contributed by atoms with Gasteiger partial charge >= 0.3 is 0 Å². The molecule has 1 aliphatic heterocycles. The highest BCUT2D eigenvalue weighted by Gasteiger charge is 2.27. The first-order valence-electron chi connectivity index (χ1n) is 8.26. The molecule has 1 aromatic carbocycles. The molecule has 2 heterocycles. The molecule has 7 heteroatoms. The normalized spacial score (nSPS) is 17.0. The monoisotopic (exact) mass is 342 g/mol. The van der Waals surface area contributed by atoms with Gasteiger partial charge in [0.1, 0.15) is 11.5 Å². The average Bonchev–Trinajstić information content (AvgIpc) is 2.69. The molecule has 1 saturated heterocycles. The van der Waals surface area contributed by atoms with Crippen LogP contribution in [0.15, 0.2) is 36.7 Å². The molecule has 1 aromatic heterocycles. The predicted octanol–water partition coefficient (Wildman–Crippen LogP) is 2.35. The Morgan fingerprint density at radius 2 is 2.04 bits per heavy atom. The Labute approximate surface area is 147 Å². The van der Waals surface area contributed by atoms with Crippen molar-refractivity contribution in [3.05, 3.63) is 36.7 Å². The Hall–Kier alpha value is -2.83. The van der Waals surface area contributed by atoms with Gasteiger partial charge < -0.3 is 19.7 Å². The summed E-state index contributed by atoms with van der Waals surface area (Å²) >= 11 is 0. The van der Waals surface area contributed by atoms with Crippen molar-refractivity contribution in [3.63, 3.8) is 0 Å². The molecule has 1 aliphatic rings. The van der Waals surface area contributed by atoms with Gasteiger partial charge in [-0.3, -0.25) is 4.79 Å². The first kappa shape index (κ1) is 17.0. The fourth-order valence-electron chi connectivity index (χ4n) is 2.96. The highest BCUT2D eigenvalue weighted by Crippen LogP contribution is 2.30. The molecule has 0 unspecified atom stereocenters. The third kappa shape index (κ3) is 3.99. The Morgan fingerprint density at radius 1 is 1.24 bits per heavy atom. The van der Waals surface area contributed by atoms with Gasteiger partial charge in [-0.05, 0) is 31.0 Å². The fraction of sp³-hybridized carbons (Fsp3) is 0.389. The number of ether oxygens (including phenoxy) is 2. The second kappa shape index (κ2) is 7.83. The molecular formula is C18H22N4O3. The lowest BCUT2D eigenvalue weighted by Gasteiger charge is -2.32. The quantitative estimate of drug-likeness (QED) is 0.899. The van der Waals surface area contributed by atoms with E-state index in [0.29, 0.717) is 29.7 Å². The molecule has 0 bridgehead atoms. The number of methoxy groups -OCH3 is 2. The molecule has 0 spiro atoms. The molecule has 0 saturated carbocycles. The summed E-state index contributed by atoms with van der Waals surface area (Å²) in [6.07, 6.45) is 5.20. The van der Waals surface area contributed by atoms with E-state index in [-0.39, 0.29) is 11.8 Å². The van der Waals surface area contributed by atoms with Crippen LogP contribution in [-0.4, -0.2) is 43.2 Å². The van der Waals surface area contributed by atoms with E-state index < -0.39 is 0 Å². The minimum atomic E-state index is -0.121. The van der Waals surface area contributed by atoms with Gasteiger partial charge in [0.15, 0.2) is 0 Å². The Bertz CT molecular complexity index is 724. The van der Waals surface area contributed by atoms with Crippen LogP contribution in [0.5, 0.6) is 11.5 Å². The van der Waals surface area contributed by atoms with Crippen molar-refractivity contribution >= 4 is 17.5 Å². The van der Waals surface area contributed by atoms with Crippen LogP contribution in [0.4, 0.5) is 11.6 Å². The van der Waals surface area contributed by atoms with Crippen LogP contribution in [0, 0.1) is 5.92 Å². The molecule has 1 amide bonds. The van der Waals surface area contributed by atoms with E-state index in [1.165, 1.54) is 0 Å². The predicted molar refractivity (Wildman–Crippen MR) is 95.1 cm³/mol. The minimum Gasteiger partial charge on any atom is -0.497 e. The molecule has 7 nitrogen and oxygen atoms in total. The number of aromatic nitrogens is 2. The summed E-state index contributed by atoms with van der Waals surface area (Å²) in [5, 5.41) is 2.97. The number of hydrogen-bond acceptors (Lipinski definition) is 6. The fourth-order valence-corrected chi connectivity index (χ4v) is 2.96. The molecule has 2 aromatic rings. The van der Waals surface area contributed by atoms with Crippen LogP contribution in [0.25, 0.3) is 0 Å². The summed E-state index contributed by atoms with van der Waals surface area (Å²) in [5.74, 6) is 1.78. The Morgan fingerprint density at radius 3 is 2.76 bits per heavy atom. The number of nitrogens with zero attached hydrogens (tertiary/aromatic N) is 3. The number of nitrogens with one attached hydrogen (secondary N) is 1. The van der Waals surface area contributed by atoms with Crippen LogP contribution < -0.4 is 19.7 Å². The molecule has 0 aliphatic carbocycles. The van der Waals surface area contributed by atoms with Crippen molar-refractivity contribution < 1.29 is 14.3 Å². The zero-order valence-electron chi connectivity index (χ0n) is 14.4. The first-order chi connectivity index (χ1) is 12.2. The van der Waals surface area contributed by atoms with Crippen molar-refractivity contribution in [1.29, 1.82) is 0 Å². The van der Waals surface area contributed by atoms with E-state index in [1.807, 2.05) is 0 Å². The summed E-state index contributed by atoms with van der Waals surface area (Å²) in [6, 6.07) is 7.12. The average molecular weight is 342 g/mol. The number of carbonyl (C=O) groups is 1. The Kier molecular flexibility index (Phi) is 5.33. The maximum absolute atomic E-state index is 12.7. The molecule has 0 radical (unpaired) electrons. The number of hydrogen-bond donors (Lipinski definition) is 1. The summed E-state index contributed by atoms with van der Waals surface area (Å²) in [5.41, 5.74) is 0.640. The third-order valence-electron chi connectivity index (χ3n) is 4.29. The standard InChI is InChI=1S/C18H22N4O3/c1-24-14-6-7-15(16(11-14)25-2)21-17(23)13-5-3-10-22(12-13)18-19-8-4-9-20-18/h4,6-9,11,13H,3,5,10,12H2,1-2H3,(H,21,23)/t13-/m1/s1. The van der Waals surface area contributed by atoms with Crippen LogP contribution >= 0.6 is 0 Å². The number of anilines is 2. The molecule has 1 N–H and O–H groups in total. The molecular weight excluding hydrogens is 320 g/mol. The summed E-state index contributed by atoms with van der Waals surface area (Å²) in [4.78, 5) is 23.3. The van der Waals surface area contributed by atoms with Gasteiger partial charge in [0.25, 0.3) is 0 Å². The van der Waals surface area contributed by atoms with E-state index >= 15 is 0 Å². The maximum atomic E-state index is 12.7. The van der Waals surface area contributed by atoms with Gasteiger partial charge in [-0.25, -0.2) is 9.97 Å². The van der Waals surface area contributed by atoms with Gasteiger partial charge in [-0.15, -0.1) is 0 Å². The zero-order valence-corrected chi connectivity index (χ0v) is 14.4. The minimum absolute atomic E-state index is 0.0240. The second-order valence-electron chi connectivity index (χ2n) is 5.89. The molecule has 25 heavy (non-hydrogen) atoms. The Balaban J connectivity index is 1.69. The second-order valence-corrected chi connectivity index (χ2v) is 5.89. The van der Waals surface area contributed by atoms with Crippen molar-refractivity contribution in [2.24, 2.45) is 5.92 Å². The lowest BCUT2D eigenvalue weighted by Crippen LogP contribution is -2.41. The number of piperidine rings is 1. The summed E-state index contributed by atoms with van der Waals surface area (Å²) < 4.78 is 10.5. The maximum Gasteiger partial charge on any atom is 0.229 e. The lowest BCUT2D eigenvalue weighted by molar-refractivity contribution is -0.120. The van der Waals surface area contributed by atoms with Crippen molar-refractivity contribution in [1.82, 2.24) is 9.97 Å². The van der Waals surface area contributed by atoms with E-state index in [1.54, 1.807) is 50.9 Å². The number of amides is 1. The van der Waals surface area contributed by atoms with E-state index in [0.717, 1.165) is 19.4 Å². The SMILES string of the molecule is COc1ccc(NC(=O)[C@@H]2CCCN(c3ncccn3)C2)c(OC)c1. The first-order valence-corrected chi connectivity index (χ1v) is 8.26. The van der Waals surface area contributed by atoms with Crippen molar-refractivity contribution in [2.45, 2.75) is 12.8 Å². The van der Waals surface area contributed by atoms with Crippen LogP contribution in [-0.2, 0) is 4.79 Å². The van der Waals surface area contributed by atoms with Crippen molar-refractivity contribution in [2.75, 3.05) is 37.5 Å². The van der Waals surface area contributed by atoms with Crippen LogP contribution in [0.2, 0.25) is 0 Å². The van der Waals surface area contributed by atoms with E-state index in [4.69, 9.17) is 9.47 Å². The lowest BCUT2D eigenvalue weighted by atomic mass is 9.97. The molecule has 1 atom stereocenters. The van der Waals surface area contributed by atoms with Crippen LogP contribution in [0.1, 0.15) is 12.8 Å². The van der Waals surface area contributed by atoms with Crippen molar-refractivity contribution in [3.8, 4) is 11.5 Å². The molecule has 3 rings (SSSR count). The van der Waals surface area contributed by atoms with Crippen LogP contribution in [0.3, 0.4) is 0 Å². The van der Waals surface area contributed by atoms with E-state index in [9.17, 15) is 4.79 Å². The van der Waals surface area contributed by atoms with Gasteiger partial charge in [0.05, 0.1) is 25.8 Å². The largest absolute Gasteiger partial charge is 0.497 e. The van der Waals surface area contributed by atoms with Gasteiger partial charge in [-0.1, -0.05) is 0 Å². The highest BCUT2D eigenvalue weighted by molar-refractivity contribution is 5.94. The summed E-state index contributed by atoms with van der Waals surface area (Å²) in [7, 11) is 3.16. The van der Waals surface area contributed by atoms with Gasteiger partial charge in [0.2, 0.25) is 11.9 Å². The molecule has 132 valence electrons. The highest BCUT2D eigenvalue weighted by atomic mass is 16.5.